The third-order valence-corrected chi connectivity index (χ3v) is 2.34. The van der Waals surface area contributed by atoms with Crippen LogP contribution in [0.15, 0.2) is 0 Å². The molecule has 4 nitrogen and oxygen atoms in total. The molecule has 0 aliphatic carbocycles. The van der Waals surface area contributed by atoms with Gasteiger partial charge in [-0.3, -0.25) is 9.13 Å². The Morgan fingerprint density at radius 2 is 1.30 bits per heavy atom. The van der Waals surface area contributed by atoms with Gasteiger partial charge in [0.2, 0.25) is 0 Å². The Morgan fingerprint density at radius 3 is 1.50 bits per heavy atom. The van der Waals surface area contributed by atoms with Crippen molar-refractivity contribution in [3.8, 4) is 0 Å². The molecule has 2 unspecified atom stereocenters. The van der Waals surface area contributed by atoms with Gasteiger partial charge >= 0.3 is 37.7 Å². The fourth-order valence-electron chi connectivity index (χ4n) is 0.391. The van der Waals surface area contributed by atoms with E-state index >= 15 is 0 Å². The van der Waals surface area contributed by atoms with E-state index in [4.69, 9.17) is 9.79 Å². The van der Waals surface area contributed by atoms with Gasteiger partial charge in [0.15, 0.2) is 16.1 Å². The van der Waals surface area contributed by atoms with Crippen LogP contribution in [0.3, 0.4) is 0 Å². The molecule has 0 aromatic rings. The van der Waals surface area contributed by atoms with Crippen molar-refractivity contribution in [2.45, 2.75) is 6.42 Å². The molecule has 0 radical (unpaired) electrons. The van der Waals surface area contributed by atoms with E-state index in [1.54, 1.807) is 0 Å². The van der Waals surface area contributed by atoms with Gasteiger partial charge in [-0.15, -0.1) is 0 Å². The molecule has 0 amide bonds. The monoisotopic (exact) mass is 214 g/mol. The molecule has 0 heterocycles. The van der Waals surface area contributed by atoms with Crippen molar-refractivity contribution in [3.05, 3.63) is 0 Å². The van der Waals surface area contributed by atoms with E-state index in [0.29, 0.717) is 6.42 Å². The summed E-state index contributed by atoms with van der Waals surface area (Å²) < 4.78 is 20.0. The van der Waals surface area contributed by atoms with E-state index in [1.165, 1.54) is 0 Å². The zero-order chi connectivity index (χ0) is 7.28. The van der Waals surface area contributed by atoms with Gasteiger partial charge in [-0.2, -0.15) is 0 Å². The fraction of sp³-hybridized carbons (Fsp3) is 1.00. The molecule has 0 saturated heterocycles. The Balaban J connectivity index is 0. The summed E-state index contributed by atoms with van der Waals surface area (Å²) in [6, 6.07) is 0. The Hall–Kier alpha value is 1.64. The summed E-state index contributed by atoms with van der Waals surface area (Å²) in [7, 11) is -4.83. The summed E-state index contributed by atoms with van der Waals surface area (Å²) in [4.78, 5) is 16.5. The predicted octanol–water partition coefficient (Wildman–Crippen LogP) is -0.606. The first kappa shape index (κ1) is 14.2. The number of rotatable bonds is 4. The van der Waals surface area contributed by atoms with Gasteiger partial charge in [0.1, 0.15) is 0 Å². The van der Waals surface area contributed by atoms with E-state index < -0.39 is 16.1 Å². The van der Waals surface area contributed by atoms with E-state index in [1.807, 2.05) is 0 Å². The van der Waals surface area contributed by atoms with Crippen LogP contribution in [0.2, 0.25) is 0 Å². The van der Waals surface area contributed by atoms with E-state index in [2.05, 4.69) is 0 Å². The van der Waals surface area contributed by atoms with Crippen molar-refractivity contribution in [3.63, 3.8) is 0 Å². The second-order valence-electron chi connectivity index (χ2n) is 1.64. The van der Waals surface area contributed by atoms with Crippen LogP contribution < -0.4 is 0 Å². The molecule has 2 N–H and O–H groups in total. The minimum absolute atomic E-state index is 0. The molecule has 0 fully saturated rings. The topological polar surface area (TPSA) is 74.6 Å². The number of hydrogen-bond acceptors (Lipinski definition) is 2. The molecular formula is C3H12CaO4P2. The predicted molar refractivity (Wildman–Crippen MR) is 45.3 cm³/mol. The molecule has 0 aliphatic heterocycles. The molecule has 0 aromatic heterocycles. The summed E-state index contributed by atoms with van der Waals surface area (Å²) in [6.45, 7) is 0. The summed E-state index contributed by atoms with van der Waals surface area (Å²) in [5.41, 5.74) is 0. The zero-order valence-electron chi connectivity index (χ0n) is 4.83. The van der Waals surface area contributed by atoms with Gasteiger partial charge in [0.25, 0.3) is 0 Å². The van der Waals surface area contributed by atoms with Crippen LogP contribution in [0.5, 0.6) is 0 Å². The van der Waals surface area contributed by atoms with Gasteiger partial charge in [0.05, 0.1) is 0 Å². The molecule has 2 atom stereocenters. The maximum atomic E-state index is 9.99. The molecule has 0 aromatic carbocycles. The fourth-order valence-corrected chi connectivity index (χ4v) is 1.70. The number of hydrogen-bond donors (Lipinski definition) is 2. The Morgan fingerprint density at radius 1 is 1.00 bits per heavy atom. The average Bonchev–Trinajstić information content (AvgIpc) is 1.63. The van der Waals surface area contributed by atoms with Crippen LogP contribution in [0, 0.1) is 0 Å². The van der Waals surface area contributed by atoms with E-state index in [-0.39, 0.29) is 50.1 Å². The van der Waals surface area contributed by atoms with Gasteiger partial charge in [-0.1, -0.05) is 0 Å². The molecule has 0 spiro atoms. The summed E-state index contributed by atoms with van der Waals surface area (Å²) >= 11 is 0. The molecular weight excluding hydrogens is 202 g/mol. The molecule has 60 valence electrons. The van der Waals surface area contributed by atoms with Crippen LogP contribution in [-0.4, -0.2) is 59.8 Å². The van der Waals surface area contributed by atoms with E-state index in [0.717, 1.165) is 0 Å². The summed E-state index contributed by atoms with van der Waals surface area (Å²) in [6.07, 6.45) is 0.714. The Labute approximate surface area is 90.8 Å². The SMILES string of the molecule is O=[PH](O)CCC[PH](=O)O.[CaH2]. The molecule has 10 heavy (non-hydrogen) atoms. The van der Waals surface area contributed by atoms with Crippen molar-refractivity contribution >= 4 is 53.8 Å². The second-order valence-corrected chi connectivity index (χ2v) is 4.22. The van der Waals surface area contributed by atoms with Crippen LogP contribution in [0.1, 0.15) is 6.42 Å². The second kappa shape index (κ2) is 8.73. The Bertz CT molecular complexity index is 114. The zero-order valence-corrected chi connectivity index (χ0v) is 6.83. The molecule has 0 bridgehead atoms. The summed E-state index contributed by atoms with van der Waals surface area (Å²) in [5.74, 6) is 0. The quantitative estimate of drug-likeness (QED) is 0.483. The first-order valence-corrected chi connectivity index (χ1v) is 5.69. The molecule has 0 rings (SSSR count). The van der Waals surface area contributed by atoms with Gasteiger partial charge in [0, 0.05) is 12.3 Å². The third-order valence-electron chi connectivity index (χ3n) is 0.781. The van der Waals surface area contributed by atoms with Crippen molar-refractivity contribution in [2.24, 2.45) is 0 Å². The maximum absolute atomic E-state index is 9.99. The normalized spacial score (nSPS) is 15.4. The van der Waals surface area contributed by atoms with Crippen LogP contribution in [0.4, 0.5) is 0 Å². The van der Waals surface area contributed by atoms with Crippen molar-refractivity contribution in [1.29, 1.82) is 0 Å². The molecule has 7 heteroatoms. The summed E-state index contributed by atoms with van der Waals surface area (Å²) in [5, 5.41) is 0. The van der Waals surface area contributed by atoms with Crippen molar-refractivity contribution in [1.82, 2.24) is 0 Å². The van der Waals surface area contributed by atoms with E-state index in [9.17, 15) is 9.13 Å². The van der Waals surface area contributed by atoms with Crippen LogP contribution in [0.25, 0.3) is 0 Å². The van der Waals surface area contributed by atoms with Crippen LogP contribution >= 0.6 is 16.1 Å². The first-order valence-electron chi connectivity index (χ1n) is 2.56. The van der Waals surface area contributed by atoms with Crippen molar-refractivity contribution in [2.75, 3.05) is 12.3 Å². The first-order chi connectivity index (χ1) is 4.13. The standard InChI is InChI=1S/C3H10O4P2.Ca.2H/c4-8(5)2-1-3-9(6)7;;;/h8-9H,1-3H2,(H,4,5)(H,6,7);;;. The van der Waals surface area contributed by atoms with Crippen LogP contribution in [-0.2, 0) is 9.13 Å². The van der Waals surface area contributed by atoms with Gasteiger partial charge in [-0.25, -0.2) is 0 Å². The molecule has 0 aliphatic rings. The third kappa shape index (κ3) is 12.3. The van der Waals surface area contributed by atoms with Crippen molar-refractivity contribution < 1.29 is 18.9 Å². The van der Waals surface area contributed by atoms with Gasteiger partial charge < -0.3 is 9.79 Å². The van der Waals surface area contributed by atoms with Gasteiger partial charge in [-0.05, 0) is 6.42 Å². The average molecular weight is 214 g/mol. The Kier molecular flexibility index (Phi) is 12.4. The minimum atomic E-state index is -2.41. The molecule has 0 saturated carbocycles.